The second-order valence-electron chi connectivity index (χ2n) is 6.91. The molecule has 1 aromatic carbocycles. The SMILES string of the molecule is CCOC(=O)N1CCc2nn(CC(=O)N3CCc4ccccc43)c(=O)cc2C1. The van der Waals surface area contributed by atoms with Gasteiger partial charge in [-0.3, -0.25) is 9.59 Å². The Hall–Kier alpha value is -3.16. The predicted octanol–water partition coefficient (Wildman–Crippen LogP) is 1.35. The molecule has 3 heterocycles. The highest BCUT2D eigenvalue weighted by Crippen LogP contribution is 2.27. The number of aromatic nitrogens is 2. The van der Waals surface area contributed by atoms with Gasteiger partial charge >= 0.3 is 6.09 Å². The van der Waals surface area contributed by atoms with Gasteiger partial charge in [-0.05, 0) is 25.0 Å². The van der Waals surface area contributed by atoms with Gasteiger partial charge in [0.25, 0.3) is 5.56 Å². The number of hydrogen-bond donors (Lipinski definition) is 0. The first-order valence-electron chi connectivity index (χ1n) is 9.46. The average molecular weight is 382 g/mol. The summed E-state index contributed by atoms with van der Waals surface area (Å²) in [7, 11) is 0. The van der Waals surface area contributed by atoms with E-state index in [-0.39, 0.29) is 24.1 Å². The monoisotopic (exact) mass is 382 g/mol. The molecule has 0 unspecified atom stereocenters. The summed E-state index contributed by atoms with van der Waals surface area (Å²) in [5.41, 5.74) is 3.16. The molecule has 8 nitrogen and oxygen atoms in total. The van der Waals surface area contributed by atoms with Crippen LogP contribution in [0.25, 0.3) is 0 Å². The Morgan fingerprint density at radius 1 is 1.14 bits per heavy atom. The van der Waals surface area contributed by atoms with Gasteiger partial charge in [-0.1, -0.05) is 18.2 Å². The predicted molar refractivity (Wildman–Crippen MR) is 102 cm³/mol. The van der Waals surface area contributed by atoms with E-state index in [1.807, 2.05) is 24.3 Å². The number of nitrogens with zero attached hydrogens (tertiary/aromatic N) is 4. The Morgan fingerprint density at radius 3 is 2.79 bits per heavy atom. The Bertz CT molecular complexity index is 984. The molecule has 1 aromatic heterocycles. The molecule has 28 heavy (non-hydrogen) atoms. The molecular formula is C20H22N4O4. The molecule has 0 bridgehead atoms. The summed E-state index contributed by atoms with van der Waals surface area (Å²) in [6, 6.07) is 9.28. The van der Waals surface area contributed by atoms with Crippen LogP contribution in [0, 0.1) is 0 Å². The Balaban J connectivity index is 1.51. The van der Waals surface area contributed by atoms with Crippen LogP contribution in [-0.4, -0.2) is 46.4 Å². The largest absolute Gasteiger partial charge is 0.450 e. The standard InChI is InChI=1S/C20H22N4O4/c1-2-28-20(27)22-9-8-16-15(12-22)11-18(25)24(21-16)13-19(26)23-10-7-14-5-3-4-6-17(14)23/h3-6,11H,2,7-10,12-13H2,1H3. The number of para-hydroxylation sites is 1. The third-order valence-corrected chi connectivity index (χ3v) is 5.14. The van der Waals surface area contributed by atoms with Gasteiger partial charge in [0, 0.05) is 36.8 Å². The topological polar surface area (TPSA) is 84.7 Å². The molecule has 0 atom stereocenters. The van der Waals surface area contributed by atoms with E-state index in [9.17, 15) is 14.4 Å². The minimum atomic E-state index is -0.389. The zero-order valence-corrected chi connectivity index (χ0v) is 15.8. The van der Waals surface area contributed by atoms with Crippen LogP contribution in [0.3, 0.4) is 0 Å². The first kappa shape index (κ1) is 18.2. The fourth-order valence-corrected chi connectivity index (χ4v) is 3.73. The number of carbonyl (C=O) groups excluding carboxylic acids is 2. The van der Waals surface area contributed by atoms with Gasteiger partial charge in [0.15, 0.2) is 0 Å². The van der Waals surface area contributed by atoms with Crippen LogP contribution in [0.4, 0.5) is 10.5 Å². The second-order valence-corrected chi connectivity index (χ2v) is 6.91. The Kier molecular flexibility index (Phi) is 4.85. The summed E-state index contributed by atoms with van der Waals surface area (Å²) in [4.78, 5) is 40.4. The molecule has 2 amide bonds. The molecule has 0 aliphatic carbocycles. The Morgan fingerprint density at radius 2 is 1.96 bits per heavy atom. The van der Waals surface area contributed by atoms with Crippen molar-refractivity contribution in [2.24, 2.45) is 0 Å². The van der Waals surface area contributed by atoms with Gasteiger partial charge in [-0.2, -0.15) is 5.10 Å². The summed E-state index contributed by atoms with van der Waals surface area (Å²) >= 11 is 0. The first-order valence-corrected chi connectivity index (χ1v) is 9.46. The number of amides is 2. The van der Waals surface area contributed by atoms with Crippen LogP contribution in [-0.2, 0) is 35.5 Å². The molecule has 146 valence electrons. The van der Waals surface area contributed by atoms with Gasteiger partial charge in [-0.25, -0.2) is 9.48 Å². The molecule has 0 N–H and O–H groups in total. The summed E-state index contributed by atoms with van der Waals surface area (Å²) in [5, 5.41) is 4.40. The van der Waals surface area contributed by atoms with Crippen LogP contribution >= 0.6 is 0 Å². The van der Waals surface area contributed by atoms with Gasteiger partial charge in [0.05, 0.1) is 18.8 Å². The van der Waals surface area contributed by atoms with Crippen molar-refractivity contribution in [2.75, 3.05) is 24.6 Å². The van der Waals surface area contributed by atoms with Crippen LogP contribution in [0.5, 0.6) is 0 Å². The minimum absolute atomic E-state index is 0.0952. The molecule has 0 fully saturated rings. The summed E-state index contributed by atoms with van der Waals surface area (Å²) in [6.45, 7) is 3.36. The van der Waals surface area contributed by atoms with Crippen LogP contribution < -0.4 is 10.5 Å². The third kappa shape index (κ3) is 3.37. The van der Waals surface area contributed by atoms with E-state index in [1.165, 1.54) is 10.7 Å². The molecule has 8 heteroatoms. The number of fused-ring (bicyclic) bond motifs is 2. The number of ether oxygens (including phenoxy) is 1. The maximum atomic E-state index is 12.8. The van der Waals surface area contributed by atoms with E-state index in [2.05, 4.69) is 5.10 Å². The van der Waals surface area contributed by atoms with Crippen molar-refractivity contribution < 1.29 is 14.3 Å². The molecule has 0 saturated heterocycles. The first-order chi connectivity index (χ1) is 13.6. The zero-order chi connectivity index (χ0) is 19.7. The molecule has 0 radical (unpaired) electrons. The fraction of sp³-hybridized carbons (Fsp3) is 0.400. The zero-order valence-electron chi connectivity index (χ0n) is 15.8. The quantitative estimate of drug-likeness (QED) is 0.800. The maximum Gasteiger partial charge on any atom is 0.410 e. The highest BCUT2D eigenvalue weighted by atomic mass is 16.6. The summed E-state index contributed by atoms with van der Waals surface area (Å²) < 4.78 is 6.25. The number of anilines is 1. The van der Waals surface area contributed by atoms with Crippen molar-refractivity contribution in [1.82, 2.24) is 14.7 Å². The van der Waals surface area contributed by atoms with Gasteiger partial charge < -0.3 is 14.5 Å². The van der Waals surface area contributed by atoms with E-state index in [4.69, 9.17) is 4.74 Å². The van der Waals surface area contributed by atoms with Crippen molar-refractivity contribution in [3.05, 3.63) is 57.5 Å². The van der Waals surface area contributed by atoms with Crippen molar-refractivity contribution in [3.8, 4) is 0 Å². The lowest BCUT2D eigenvalue weighted by molar-refractivity contribution is -0.119. The number of carbonyl (C=O) groups is 2. The van der Waals surface area contributed by atoms with Crippen molar-refractivity contribution in [2.45, 2.75) is 32.9 Å². The number of hydrogen-bond acceptors (Lipinski definition) is 5. The lowest BCUT2D eigenvalue weighted by atomic mass is 10.1. The van der Waals surface area contributed by atoms with E-state index >= 15 is 0 Å². The molecule has 2 aliphatic rings. The number of benzene rings is 1. The van der Waals surface area contributed by atoms with E-state index in [1.54, 1.807) is 16.7 Å². The molecule has 0 spiro atoms. The van der Waals surface area contributed by atoms with E-state index in [0.717, 1.165) is 23.4 Å². The van der Waals surface area contributed by atoms with Crippen LogP contribution in [0.1, 0.15) is 23.7 Å². The maximum absolute atomic E-state index is 12.8. The lowest BCUT2D eigenvalue weighted by Gasteiger charge is -2.27. The molecule has 2 aliphatic heterocycles. The van der Waals surface area contributed by atoms with Crippen molar-refractivity contribution in [3.63, 3.8) is 0 Å². The minimum Gasteiger partial charge on any atom is -0.450 e. The van der Waals surface area contributed by atoms with Crippen molar-refractivity contribution in [1.29, 1.82) is 0 Å². The molecule has 0 saturated carbocycles. The van der Waals surface area contributed by atoms with Crippen LogP contribution in [0.15, 0.2) is 35.1 Å². The third-order valence-electron chi connectivity index (χ3n) is 5.14. The normalized spacial score (nSPS) is 15.2. The average Bonchev–Trinajstić information content (AvgIpc) is 3.12. The fourth-order valence-electron chi connectivity index (χ4n) is 3.73. The highest BCUT2D eigenvalue weighted by molar-refractivity contribution is 5.95. The van der Waals surface area contributed by atoms with Gasteiger partial charge in [-0.15, -0.1) is 0 Å². The van der Waals surface area contributed by atoms with Gasteiger partial charge in [0.1, 0.15) is 6.54 Å². The smallest absolute Gasteiger partial charge is 0.410 e. The summed E-state index contributed by atoms with van der Waals surface area (Å²) in [5.74, 6) is -0.150. The molecule has 4 rings (SSSR count). The second kappa shape index (κ2) is 7.46. The Labute approximate surface area is 162 Å². The van der Waals surface area contributed by atoms with Crippen LogP contribution in [0.2, 0.25) is 0 Å². The molecular weight excluding hydrogens is 360 g/mol. The summed E-state index contributed by atoms with van der Waals surface area (Å²) in [6.07, 6.45) is 0.952. The molecule has 2 aromatic rings. The highest BCUT2D eigenvalue weighted by Gasteiger charge is 2.27. The van der Waals surface area contributed by atoms with E-state index in [0.29, 0.717) is 38.2 Å². The van der Waals surface area contributed by atoms with Gasteiger partial charge in [0.2, 0.25) is 5.91 Å². The lowest BCUT2D eigenvalue weighted by Crippen LogP contribution is -2.40. The number of rotatable bonds is 3. The van der Waals surface area contributed by atoms with Crippen molar-refractivity contribution >= 4 is 17.7 Å². The van der Waals surface area contributed by atoms with E-state index < -0.39 is 0 Å².